The van der Waals surface area contributed by atoms with Crippen LogP contribution in [0.2, 0.25) is 0 Å². The first kappa shape index (κ1) is 22.3. The Kier molecular flexibility index (Phi) is 7.00. The predicted molar refractivity (Wildman–Crippen MR) is 127 cm³/mol. The summed E-state index contributed by atoms with van der Waals surface area (Å²) in [6, 6.07) is 13.3. The molecule has 2 aromatic carbocycles. The number of piperidine rings is 1. The first-order valence-electron chi connectivity index (χ1n) is 11.9. The van der Waals surface area contributed by atoms with Crippen molar-refractivity contribution in [3.63, 3.8) is 0 Å². The second-order valence-corrected chi connectivity index (χ2v) is 9.73. The quantitative estimate of drug-likeness (QED) is 0.692. The van der Waals surface area contributed by atoms with E-state index in [2.05, 4.69) is 54.4 Å². The summed E-state index contributed by atoms with van der Waals surface area (Å²) >= 11 is 0. The molecule has 2 aliphatic heterocycles. The van der Waals surface area contributed by atoms with Crippen LogP contribution in [0.3, 0.4) is 0 Å². The Labute approximate surface area is 187 Å². The number of aromatic hydroxyl groups is 1. The van der Waals surface area contributed by atoms with Crippen molar-refractivity contribution < 1.29 is 9.84 Å². The molecule has 4 heteroatoms. The normalized spacial score (nSPS) is 22.6. The Balaban J connectivity index is 1.38. The molecule has 4 nitrogen and oxygen atoms in total. The minimum Gasteiger partial charge on any atom is -0.507 e. The lowest BCUT2D eigenvalue weighted by Crippen LogP contribution is -2.42. The van der Waals surface area contributed by atoms with Crippen LogP contribution < -0.4 is 5.32 Å². The number of hydrogen-bond donors (Lipinski definition) is 2. The first-order chi connectivity index (χ1) is 15.0. The Hall–Kier alpha value is -1.88. The molecule has 0 unspecified atom stereocenters. The molecule has 0 bridgehead atoms. The predicted octanol–water partition coefficient (Wildman–Crippen LogP) is 4.94. The lowest BCUT2D eigenvalue weighted by atomic mass is 9.83. The zero-order valence-electron chi connectivity index (χ0n) is 19.5. The number of rotatable bonds is 6. The Morgan fingerprint density at radius 1 is 1.10 bits per heavy atom. The third-order valence-electron chi connectivity index (χ3n) is 7.21. The number of fused-ring (bicyclic) bond motifs is 1. The van der Waals surface area contributed by atoms with Crippen molar-refractivity contribution in [3.8, 4) is 5.75 Å². The first-order valence-corrected chi connectivity index (χ1v) is 11.9. The highest BCUT2D eigenvalue weighted by atomic mass is 16.5. The van der Waals surface area contributed by atoms with Crippen LogP contribution in [-0.2, 0) is 17.7 Å². The molecule has 2 heterocycles. The molecule has 2 N–H and O–H groups in total. The maximum Gasteiger partial charge on any atom is 0.122 e. The number of benzene rings is 2. The van der Waals surface area contributed by atoms with Gasteiger partial charge >= 0.3 is 0 Å². The van der Waals surface area contributed by atoms with Gasteiger partial charge in [-0.15, -0.1) is 0 Å². The molecular weight excluding hydrogens is 384 g/mol. The van der Waals surface area contributed by atoms with Crippen LogP contribution in [0.4, 0.5) is 0 Å². The standard InChI is InChI=1S/C27H38N2O2/c1-18(2)21-8-6-20(7-9-21)17-29-13-11-22(12-14-29)25-15-24-23(26(31-25)16-28-4)10-5-19(3)27(24)30/h5-10,18,22,25-26,28,30H,11-17H2,1-4H3/t25-,26-/m0/s1. The minimum absolute atomic E-state index is 0.0164. The monoisotopic (exact) mass is 422 g/mol. The fraction of sp³-hybridized carbons (Fsp3) is 0.556. The maximum atomic E-state index is 10.7. The van der Waals surface area contributed by atoms with E-state index < -0.39 is 0 Å². The van der Waals surface area contributed by atoms with Gasteiger partial charge in [0, 0.05) is 25.1 Å². The van der Waals surface area contributed by atoms with Crippen LogP contribution in [0.5, 0.6) is 5.75 Å². The van der Waals surface area contributed by atoms with Gasteiger partial charge in [0.25, 0.3) is 0 Å². The molecule has 1 saturated heterocycles. The number of likely N-dealkylation sites (tertiary alicyclic amines) is 1. The zero-order chi connectivity index (χ0) is 22.0. The van der Waals surface area contributed by atoms with E-state index >= 15 is 0 Å². The number of phenolic OH excluding ortho intramolecular Hbond substituents is 1. The van der Waals surface area contributed by atoms with Crippen molar-refractivity contribution in [2.45, 2.75) is 64.7 Å². The highest BCUT2D eigenvalue weighted by Gasteiger charge is 2.35. The molecule has 4 rings (SSSR count). The highest BCUT2D eigenvalue weighted by Crippen LogP contribution is 2.40. The van der Waals surface area contributed by atoms with E-state index in [1.165, 1.54) is 11.1 Å². The van der Waals surface area contributed by atoms with Gasteiger partial charge in [0.15, 0.2) is 0 Å². The van der Waals surface area contributed by atoms with Crippen molar-refractivity contribution in [3.05, 3.63) is 64.2 Å². The molecule has 0 amide bonds. The number of ether oxygens (including phenoxy) is 1. The number of hydrogen-bond acceptors (Lipinski definition) is 4. The second-order valence-electron chi connectivity index (χ2n) is 9.73. The van der Waals surface area contributed by atoms with Gasteiger partial charge in [-0.3, -0.25) is 4.90 Å². The Morgan fingerprint density at radius 2 is 1.81 bits per heavy atom. The molecule has 0 saturated carbocycles. The number of nitrogens with one attached hydrogen (secondary N) is 1. The average molecular weight is 423 g/mol. The van der Waals surface area contributed by atoms with Gasteiger partial charge in [-0.05, 0) is 74.0 Å². The summed E-state index contributed by atoms with van der Waals surface area (Å²) < 4.78 is 6.58. The lowest BCUT2D eigenvalue weighted by Gasteiger charge is -2.40. The van der Waals surface area contributed by atoms with E-state index in [-0.39, 0.29) is 12.2 Å². The van der Waals surface area contributed by atoms with Crippen molar-refractivity contribution in [2.75, 3.05) is 26.7 Å². The van der Waals surface area contributed by atoms with E-state index in [1.807, 2.05) is 20.0 Å². The lowest BCUT2D eigenvalue weighted by molar-refractivity contribution is -0.0674. The SMILES string of the molecule is CNC[C@@H]1O[C@H](C2CCN(Cc3ccc(C(C)C)cc3)CC2)Cc2c1ccc(C)c2O. The largest absolute Gasteiger partial charge is 0.507 e. The summed E-state index contributed by atoms with van der Waals surface area (Å²) in [5.74, 6) is 1.60. The van der Waals surface area contributed by atoms with Gasteiger partial charge in [0.05, 0.1) is 12.2 Å². The third-order valence-corrected chi connectivity index (χ3v) is 7.21. The summed E-state index contributed by atoms with van der Waals surface area (Å²) in [6.45, 7) is 10.5. The van der Waals surface area contributed by atoms with Crippen LogP contribution in [0.15, 0.2) is 36.4 Å². The van der Waals surface area contributed by atoms with Crippen molar-refractivity contribution in [1.82, 2.24) is 10.2 Å². The van der Waals surface area contributed by atoms with E-state index in [9.17, 15) is 5.11 Å². The molecule has 0 aliphatic carbocycles. The molecule has 2 aromatic rings. The fourth-order valence-corrected chi connectivity index (χ4v) is 5.19. The van der Waals surface area contributed by atoms with Crippen LogP contribution in [0, 0.1) is 12.8 Å². The minimum atomic E-state index is 0.0164. The summed E-state index contributed by atoms with van der Waals surface area (Å²) in [4.78, 5) is 2.57. The molecule has 0 radical (unpaired) electrons. The van der Waals surface area contributed by atoms with Crippen LogP contribution in [-0.4, -0.2) is 42.8 Å². The van der Waals surface area contributed by atoms with E-state index in [1.54, 1.807) is 0 Å². The number of likely N-dealkylation sites (N-methyl/N-ethyl adjacent to an activating group) is 1. The van der Waals surface area contributed by atoms with Gasteiger partial charge < -0.3 is 15.2 Å². The fourth-order valence-electron chi connectivity index (χ4n) is 5.19. The number of nitrogens with zero attached hydrogens (tertiary/aromatic N) is 1. The van der Waals surface area contributed by atoms with Crippen molar-refractivity contribution in [1.29, 1.82) is 0 Å². The molecule has 31 heavy (non-hydrogen) atoms. The van der Waals surface area contributed by atoms with Crippen molar-refractivity contribution in [2.24, 2.45) is 5.92 Å². The molecule has 0 aromatic heterocycles. The van der Waals surface area contributed by atoms with Crippen LogP contribution in [0.1, 0.15) is 66.5 Å². The van der Waals surface area contributed by atoms with E-state index in [0.29, 0.717) is 17.6 Å². The van der Waals surface area contributed by atoms with Crippen molar-refractivity contribution >= 4 is 0 Å². The molecule has 0 spiro atoms. The van der Waals surface area contributed by atoms with Crippen LogP contribution >= 0.6 is 0 Å². The van der Waals surface area contributed by atoms with E-state index in [0.717, 1.165) is 62.1 Å². The summed E-state index contributed by atoms with van der Waals surface area (Å²) in [7, 11) is 1.97. The van der Waals surface area contributed by atoms with E-state index in [4.69, 9.17) is 4.74 Å². The number of phenols is 1. The molecular formula is C27H38N2O2. The summed E-state index contributed by atoms with van der Waals surface area (Å²) in [5, 5.41) is 14.0. The second kappa shape index (κ2) is 9.72. The maximum absolute atomic E-state index is 10.7. The van der Waals surface area contributed by atoms with Gasteiger partial charge in [-0.25, -0.2) is 0 Å². The summed E-state index contributed by atoms with van der Waals surface area (Å²) in [5.41, 5.74) is 6.02. The topological polar surface area (TPSA) is 44.7 Å². The smallest absolute Gasteiger partial charge is 0.122 e. The molecule has 2 atom stereocenters. The molecule has 168 valence electrons. The zero-order valence-corrected chi connectivity index (χ0v) is 19.5. The van der Waals surface area contributed by atoms with Gasteiger partial charge in [0.1, 0.15) is 5.75 Å². The van der Waals surface area contributed by atoms with Gasteiger partial charge in [-0.2, -0.15) is 0 Å². The highest BCUT2D eigenvalue weighted by molar-refractivity contribution is 5.47. The molecule has 2 aliphatic rings. The van der Waals surface area contributed by atoms with Gasteiger partial charge in [0.2, 0.25) is 0 Å². The average Bonchev–Trinajstić information content (AvgIpc) is 2.77. The summed E-state index contributed by atoms with van der Waals surface area (Å²) in [6.07, 6.45) is 3.34. The number of aryl methyl sites for hydroxylation is 1. The van der Waals surface area contributed by atoms with Gasteiger partial charge in [-0.1, -0.05) is 50.2 Å². The Morgan fingerprint density at radius 3 is 2.45 bits per heavy atom. The third kappa shape index (κ3) is 4.97. The molecule has 1 fully saturated rings. The van der Waals surface area contributed by atoms with Crippen LogP contribution in [0.25, 0.3) is 0 Å². The Bertz CT molecular complexity index is 870.